The number of likely N-dealkylation sites (tertiary alicyclic amines) is 1. The summed E-state index contributed by atoms with van der Waals surface area (Å²) in [7, 11) is 2.28. The molecule has 1 heteroatoms. The summed E-state index contributed by atoms with van der Waals surface area (Å²) in [6, 6.07) is 22.6. The third-order valence-corrected chi connectivity index (χ3v) is 4.57. The molecule has 0 aliphatic carbocycles. The van der Waals surface area contributed by atoms with Crippen LogP contribution in [0.4, 0.5) is 0 Å². The van der Waals surface area contributed by atoms with Crippen LogP contribution in [0.15, 0.2) is 60.7 Å². The number of hydrogen-bond acceptors (Lipinski definition) is 1. The summed E-state index contributed by atoms with van der Waals surface area (Å²) < 4.78 is 0. The van der Waals surface area contributed by atoms with Crippen LogP contribution < -0.4 is 0 Å². The third kappa shape index (κ3) is 2.94. The highest BCUT2D eigenvalue weighted by Crippen LogP contribution is 2.33. The summed E-state index contributed by atoms with van der Waals surface area (Å²) in [5.74, 6) is 0.662. The molecule has 3 rings (SSSR count). The molecule has 0 N–H and O–H groups in total. The average molecular weight is 265 g/mol. The van der Waals surface area contributed by atoms with E-state index in [-0.39, 0.29) is 0 Å². The molecule has 0 saturated carbocycles. The summed E-state index contributed by atoms with van der Waals surface area (Å²) in [4.78, 5) is 2.55. The molecule has 2 aromatic rings. The average Bonchev–Trinajstić information content (AvgIpc) is 2.51. The lowest BCUT2D eigenvalue weighted by Gasteiger charge is -2.39. The van der Waals surface area contributed by atoms with Gasteiger partial charge in [0.05, 0.1) is 0 Å². The molecule has 2 atom stereocenters. The Balaban J connectivity index is 1.84. The van der Waals surface area contributed by atoms with Gasteiger partial charge in [0, 0.05) is 6.04 Å². The Labute approximate surface area is 122 Å². The molecule has 0 spiro atoms. The second-order valence-electron chi connectivity index (χ2n) is 5.90. The van der Waals surface area contributed by atoms with Crippen LogP contribution in [0, 0.1) is 0 Å². The fraction of sp³-hybridized carbons (Fsp3) is 0.368. The van der Waals surface area contributed by atoms with E-state index in [9.17, 15) is 0 Å². The fourth-order valence-electron chi connectivity index (χ4n) is 3.47. The predicted octanol–water partition coefficient (Wildman–Crippen LogP) is 4.11. The summed E-state index contributed by atoms with van der Waals surface area (Å²) in [5.41, 5.74) is 2.95. The van der Waals surface area contributed by atoms with E-state index in [2.05, 4.69) is 72.6 Å². The van der Waals surface area contributed by atoms with E-state index in [0.29, 0.717) is 12.0 Å². The van der Waals surface area contributed by atoms with Gasteiger partial charge in [-0.2, -0.15) is 0 Å². The second-order valence-corrected chi connectivity index (χ2v) is 5.90. The molecule has 2 aromatic carbocycles. The van der Waals surface area contributed by atoms with Gasteiger partial charge in [-0.1, -0.05) is 60.7 Å². The molecule has 1 fully saturated rings. The molecule has 1 aliphatic heterocycles. The topological polar surface area (TPSA) is 3.24 Å². The van der Waals surface area contributed by atoms with Gasteiger partial charge >= 0.3 is 0 Å². The predicted molar refractivity (Wildman–Crippen MR) is 85.0 cm³/mol. The molecule has 0 radical (unpaired) electrons. The minimum Gasteiger partial charge on any atom is -0.302 e. The van der Waals surface area contributed by atoms with E-state index in [4.69, 9.17) is 0 Å². The van der Waals surface area contributed by atoms with E-state index in [1.54, 1.807) is 0 Å². The quantitative estimate of drug-likeness (QED) is 0.807. The van der Waals surface area contributed by atoms with Gasteiger partial charge in [0.25, 0.3) is 0 Å². The zero-order chi connectivity index (χ0) is 13.8. The van der Waals surface area contributed by atoms with Crippen molar-refractivity contribution in [3.05, 3.63) is 71.8 Å². The monoisotopic (exact) mass is 265 g/mol. The number of piperidine rings is 1. The van der Waals surface area contributed by atoms with Gasteiger partial charge in [0.1, 0.15) is 0 Å². The van der Waals surface area contributed by atoms with Crippen molar-refractivity contribution in [2.45, 2.75) is 31.2 Å². The Morgan fingerprint density at radius 1 is 0.950 bits per heavy atom. The molecule has 0 unspecified atom stereocenters. The summed E-state index contributed by atoms with van der Waals surface area (Å²) >= 11 is 0. The minimum absolute atomic E-state index is 0.619. The van der Waals surface area contributed by atoms with Crippen LogP contribution in [0.25, 0.3) is 0 Å². The summed E-state index contributed by atoms with van der Waals surface area (Å²) in [5, 5.41) is 0. The van der Waals surface area contributed by atoms with Gasteiger partial charge in [0.2, 0.25) is 0 Å². The lowest BCUT2D eigenvalue weighted by atomic mass is 9.81. The zero-order valence-electron chi connectivity index (χ0n) is 12.2. The number of benzene rings is 2. The molecule has 104 valence electrons. The minimum atomic E-state index is 0.619. The molecule has 0 amide bonds. The van der Waals surface area contributed by atoms with Crippen LogP contribution in [0.2, 0.25) is 0 Å². The highest BCUT2D eigenvalue weighted by Gasteiger charge is 2.30. The van der Waals surface area contributed by atoms with Gasteiger partial charge in [-0.15, -0.1) is 0 Å². The van der Waals surface area contributed by atoms with E-state index in [1.807, 2.05) is 0 Å². The van der Waals surface area contributed by atoms with Crippen LogP contribution in [-0.2, 0) is 6.42 Å². The zero-order valence-corrected chi connectivity index (χ0v) is 12.2. The van der Waals surface area contributed by atoms with Crippen molar-refractivity contribution >= 4 is 0 Å². The van der Waals surface area contributed by atoms with E-state index in [0.717, 1.165) is 6.42 Å². The number of nitrogens with zero attached hydrogens (tertiary/aromatic N) is 1. The molecule has 1 saturated heterocycles. The summed E-state index contributed by atoms with van der Waals surface area (Å²) in [6.07, 6.45) is 3.77. The maximum absolute atomic E-state index is 2.55. The van der Waals surface area contributed by atoms with Gasteiger partial charge in [-0.3, -0.25) is 0 Å². The van der Waals surface area contributed by atoms with Gasteiger partial charge in [0.15, 0.2) is 0 Å². The molecule has 0 aromatic heterocycles. The van der Waals surface area contributed by atoms with Crippen LogP contribution in [0.3, 0.4) is 0 Å². The molecule has 20 heavy (non-hydrogen) atoms. The SMILES string of the molecule is CN1CCC[C@@H](c2ccccc2)[C@H]1Cc1ccccc1. The van der Waals surface area contributed by atoms with Crippen molar-refractivity contribution in [3.63, 3.8) is 0 Å². The number of rotatable bonds is 3. The molecule has 1 aliphatic rings. The highest BCUT2D eigenvalue weighted by molar-refractivity contribution is 5.24. The Hall–Kier alpha value is -1.60. The lowest BCUT2D eigenvalue weighted by molar-refractivity contribution is 0.159. The summed E-state index contributed by atoms with van der Waals surface area (Å²) in [6.45, 7) is 1.22. The van der Waals surface area contributed by atoms with Crippen molar-refractivity contribution in [2.75, 3.05) is 13.6 Å². The first-order valence-electron chi connectivity index (χ1n) is 7.64. The number of hydrogen-bond donors (Lipinski definition) is 0. The molecular formula is C19H23N. The number of likely N-dealkylation sites (N-methyl/N-ethyl adjacent to an activating group) is 1. The largest absolute Gasteiger partial charge is 0.302 e. The van der Waals surface area contributed by atoms with E-state index >= 15 is 0 Å². The Morgan fingerprint density at radius 3 is 2.30 bits per heavy atom. The van der Waals surface area contributed by atoms with Gasteiger partial charge in [-0.05, 0) is 49.9 Å². The lowest BCUT2D eigenvalue weighted by Crippen LogP contribution is -2.42. The van der Waals surface area contributed by atoms with Crippen molar-refractivity contribution in [1.82, 2.24) is 4.90 Å². The Bertz CT molecular complexity index is 520. The molecule has 1 nitrogen and oxygen atoms in total. The van der Waals surface area contributed by atoms with Crippen LogP contribution in [0.5, 0.6) is 0 Å². The van der Waals surface area contributed by atoms with Crippen LogP contribution >= 0.6 is 0 Å². The Kier molecular flexibility index (Phi) is 4.17. The molecule has 0 bridgehead atoms. The maximum Gasteiger partial charge on any atom is 0.0201 e. The smallest absolute Gasteiger partial charge is 0.0201 e. The van der Waals surface area contributed by atoms with Gasteiger partial charge < -0.3 is 4.90 Å². The second kappa shape index (κ2) is 6.23. The van der Waals surface area contributed by atoms with E-state index in [1.165, 1.54) is 30.5 Å². The Morgan fingerprint density at radius 2 is 1.60 bits per heavy atom. The van der Waals surface area contributed by atoms with Crippen molar-refractivity contribution in [3.8, 4) is 0 Å². The normalized spacial score (nSPS) is 23.6. The van der Waals surface area contributed by atoms with E-state index < -0.39 is 0 Å². The van der Waals surface area contributed by atoms with Crippen molar-refractivity contribution in [1.29, 1.82) is 0 Å². The third-order valence-electron chi connectivity index (χ3n) is 4.57. The maximum atomic E-state index is 2.55. The highest BCUT2D eigenvalue weighted by atomic mass is 15.1. The molecular weight excluding hydrogens is 242 g/mol. The standard InChI is InChI=1S/C19H23N/c1-20-14-8-13-18(17-11-6-3-7-12-17)19(20)15-16-9-4-2-5-10-16/h2-7,9-12,18-19H,8,13-15H2,1H3/t18-,19+/m0/s1. The van der Waals surface area contributed by atoms with Crippen LogP contribution in [-0.4, -0.2) is 24.5 Å². The van der Waals surface area contributed by atoms with Crippen molar-refractivity contribution in [2.24, 2.45) is 0 Å². The van der Waals surface area contributed by atoms with Crippen molar-refractivity contribution < 1.29 is 0 Å². The first-order chi connectivity index (χ1) is 9.84. The molecule has 1 heterocycles. The first kappa shape index (κ1) is 13.4. The van der Waals surface area contributed by atoms with Gasteiger partial charge in [-0.25, -0.2) is 0 Å². The fourth-order valence-corrected chi connectivity index (χ4v) is 3.47. The first-order valence-corrected chi connectivity index (χ1v) is 7.64. The van der Waals surface area contributed by atoms with Crippen LogP contribution in [0.1, 0.15) is 29.9 Å².